The minimum absolute atomic E-state index is 0.306. The Kier molecular flexibility index (Phi) is 4.68. The van der Waals surface area contributed by atoms with Gasteiger partial charge in [-0.1, -0.05) is 43.3 Å². The lowest BCUT2D eigenvalue weighted by molar-refractivity contribution is -0.137. The van der Waals surface area contributed by atoms with E-state index in [1.54, 1.807) is 0 Å². The summed E-state index contributed by atoms with van der Waals surface area (Å²) < 4.78 is 37.5. The van der Waals surface area contributed by atoms with Crippen LogP contribution in [0.3, 0.4) is 0 Å². The first kappa shape index (κ1) is 15.6. The zero-order valence-electron chi connectivity index (χ0n) is 11.8. The normalized spacial score (nSPS) is 13.2. The summed E-state index contributed by atoms with van der Waals surface area (Å²) in [4.78, 5) is 0. The van der Waals surface area contributed by atoms with E-state index < -0.39 is 11.7 Å². The van der Waals surface area contributed by atoms with Crippen molar-refractivity contribution in [2.75, 3.05) is 0 Å². The number of rotatable bonds is 4. The van der Waals surface area contributed by atoms with Crippen molar-refractivity contribution in [3.63, 3.8) is 0 Å². The van der Waals surface area contributed by atoms with Crippen molar-refractivity contribution >= 4 is 0 Å². The van der Waals surface area contributed by atoms with E-state index in [0.717, 1.165) is 24.1 Å². The fraction of sp³-hybridized carbons (Fsp3) is 0.294. The van der Waals surface area contributed by atoms with Crippen LogP contribution in [-0.2, 0) is 19.0 Å². The summed E-state index contributed by atoms with van der Waals surface area (Å²) in [5.74, 6) is 0. The lowest BCUT2D eigenvalue weighted by atomic mass is 9.98. The Labute approximate surface area is 122 Å². The maximum absolute atomic E-state index is 12.5. The van der Waals surface area contributed by atoms with Gasteiger partial charge in [0.2, 0.25) is 0 Å². The summed E-state index contributed by atoms with van der Waals surface area (Å²) >= 11 is 0. The predicted molar refractivity (Wildman–Crippen MR) is 77.9 cm³/mol. The average molecular weight is 293 g/mol. The van der Waals surface area contributed by atoms with E-state index in [1.807, 2.05) is 12.1 Å². The molecule has 21 heavy (non-hydrogen) atoms. The summed E-state index contributed by atoms with van der Waals surface area (Å²) in [5.41, 5.74) is 8.47. The molecule has 0 bridgehead atoms. The fourth-order valence-electron chi connectivity index (χ4n) is 2.20. The second-order valence-corrected chi connectivity index (χ2v) is 5.10. The van der Waals surface area contributed by atoms with Crippen LogP contribution in [0.1, 0.15) is 35.2 Å². The third kappa shape index (κ3) is 4.08. The number of hydrogen-bond acceptors (Lipinski definition) is 1. The van der Waals surface area contributed by atoms with Crippen molar-refractivity contribution in [2.24, 2.45) is 5.73 Å². The molecule has 0 aliphatic rings. The van der Waals surface area contributed by atoms with Gasteiger partial charge in [0, 0.05) is 6.04 Å². The zero-order chi connectivity index (χ0) is 15.5. The Balaban J connectivity index is 2.07. The zero-order valence-corrected chi connectivity index (χ0v) is 11.8. The Bertz CT molecular complexity index is 570. The highest BCUT2D eigenvalue weighted by Gasteiger charge is 2.30. The Hall–Kier alpha value is -1.81. The Morgan fingerprint density at radius 3 is 1.90 bits per heavy atom. The summed E-state index contributed by atoms with van der Waals surface area (Å²) in [7, 11) is 0. The van der Waals surface area contributed by atoms with Crippen LogP contribution in [0.15, 0.2) is 48.5 Å². The van der Waals surface area contributed by atoms with Gasteiger partial charge in [-0.05, 0) is 41.7 Å². The quantitative estimate of drug-likeness (QED) is 0.882. The molecule has 112 valence electrons. The first-order chi connectivity index (χ1) is 9.90. The molecule has 0 aliphatic heterocycles. The van der Waals surface area contributed by atoms with Crippen LogP contribution in [0.2, 0.25) is 0 Å². The summed E-state index contributed by atoms with van der Waals surface area (Å²) in [6, 6.07) is 12.9. The van der Waals surface area contributed by atoms with Gasteiger partial charge in [0.1, 0.15) is 0 Å². The molecule has 2 aromatic carbocycles. The van der Waals surface area contributed by atoms with Crippen LogP contribution < -0.4 is 5.73 Å². The molecule has 2 N–H and O–H groups in total. The second kappa shape index (κ2) is 6.31. The van der Waals surface area contributed by atoms with Gasteiger partial charge in [0.25, 0.3) is 0 Å². The third-order valence-electron chi connectivity index (χ3n) is 3.55. The molecule has 1 unspecified atom stereocenters. The highest BCUT2D eigenvalue weighted by molar-refractivity contribution is 5.29. The third-order valence-corrected chi connectivity index (χ3v) is 3.55. The molecule has 0 fully saturated rings. The van der Waals surface area contributed by atoms with Gasteiger partial charge < -0.3 is 5.73 Å². The topological polar surface area (TPSA) is 26.0 Å². The molecule has 1 atom stereocenters. The maximum atomic E-state index is 12.5. The fourth-order valence-corrected chi connectivity index (χ4v) is 2.20. The van der Waals surface area contributed by atoms with Crippen LogP contribution in [0.5, 0.6) is 0 Å². The Morgan fingerprint density at radius 1 is 0.905 bits per heavy atom. The molecule has 0 aromatic heterocycles. The van der Waals surface area contributed by atoms with E-state index in [4.69, 9.17) is 5.73 Å². The molecule has 4 heteroatoms. The molecular weight excluding hydrogens is 275 g/mol. The predicted octanol–water partition coefficient (Wildman–Crippen LogP) is 4.51. The van der Waals surface area contributed by atoms with Crippen molar-refractivity contribution in [3.8, 4) is 0 Å². The van der Waals surface area contributed by atoms with Gasteiger partial charge in [-0.25, -0.2) is 0 Å². The first-order valence-electron chi connectivity index (χ1n) is 6.90. The lowest BCUT2D eigenvalue weighted by Crippen LogP contribution is -2.14. The molecule has 0 saturated heterocycles. The smallest absolute Gasteiger partial charge is 0.324 e. The number of hydrogen-bond donors (Lipinski definition) is 1. The maximum Gasteiger partial charge on any atom is 0.416 e. The highest BCUT2D eigenvalue weighted by atomic mass is 19.4. The van der Waals surface area contributed by atoms with Gasteiger partial charge in [-0.3, -0.25) is 0 Å². The van der Waals surface area contributed by atoms with Crippen molar-refractivity contribution < 1.29 is 13.2 Å². The van der Waals surface area contributed by atoms with E-state index in [9.17, 15) is 13.2 Å². The monoisotopic (exact) mass is 293 g/mol. The molecule has 0 heterocycles. The lowest BCUT2D eigenvalue weighted by Gasteiger charge is -2.14. The number of halogens is 3. The molecule has 2 aromatic rings. The van der Waals surface area contributed by atoms with Gasteiger partial charge in [-0.2, -0.15) is 13.2 Å². The minimum atomic E-state index is -4.31. The van der Waals surface area contributed by atoms with E-state index in [-0.39, 0.29) is 6.04 Å². The average Bonchev–Trinajstić information content (AvgIpc) is 2.47. The van der Waals surface area contributed by atoms with Crippen LogP contribution in [0.4, 0.5) is 13.2 Å². The Morgan fingerprint density at radius 2 is 1.43 bits per heavy atom. The molecule has 1 nitrogen and oxygen atoms in total. The minimum Gasteiger partial charge on any atom is -0.324 e. The molecule has 0 radical (unpaired) electrons. The van der Waals surface area contributed by atoms with Crippen LogP contribution in [0, 0.1) is 0 Å². The van der Waals surface area contributed by atoms with Gasteiger partial charge in [0.05, 0.1) is 5.56 Å². The largest absolute Gasteiger partial charge is 0.416 e. The summed E-state index contributed by atoms with van der Waals surface area (Å²) in [5, 5.41) is 0. The van der Waals surface area contributed by atoms with Crippen molar-refractivity contribution in [2.45, 2.75) is 32.0 Å². The van der Waals surface area contributed by atoms with Crippen LogP contribution in [-0.4, -0.2) is 0 Å². The molecule has 0 saturated carbocycles. The SMILES string of the molecule is CCc1ccc(CC(N)c2ccc(C(F)(F)F)cc2)cc1. The molecule has 0 spiro atoms. The van der Waals surface area contributed by atoms with E-state index in [1.165, 1.54) is 17.7 Å². The molecule has 0 amide bonds. The number of benzene rings is 2. The van der Waals surface area contributed by atoms with E-state index in [2.05, 4.69) is 19.1 Å². The van der Waals surface area contributed by atoms with Crippen molar-refractivity contribution in [3.05, 3.63) is 70.8 Å². The molecule has 2 rings (SSSR count). The summed E-state index contributed by atoms with van der Waals surface area (Å²) in [6.45, 7) is 2.09. The van der Waals surface area contributed by atoms with Gasteiger partial charge >= 0.3 is 6.18 Å². The van der Waals surface area contributed by atoms with Crippen LogP contribution >= 0.6 is 0 Å². The highest BCUT2D eigenvalue weighted by Crippen LogP contribution is 2.30. The van der Waals surface area contributed by atoms with Crippen LogP contribution in [0.25, 0.3) is 0 Å². The molecular formula is C17H18F3N. The summed E-state index contributed by atoms with van der Waals surface area (Å²) in [6.07, 6.45) is -2.72. The van der Waals surface area contributed by atoms with E-state index >= 15 is 0 Å². The van der Waals surface area contributed by atoms with Gasteiger partial charge in [0.15, 0.2) is 0 Å². The number of alkyl halides is 3. The standard InChI is InChI=1S/C17H18F3N/c1-2-12-3-5-13(6-4-12)11-16(21)14-7-9-15(10-8-14)17(18,19)20/h3-10,16H,2,11,21H2,1H3. The molecule has 0 aliphatic carbocycles. The van der Waals surface area contributed by atoms with Crippen molar-refractivity contribution in [1.29, 1.82) is 0 Å². The van der Waals surface area contributed by atoms with Gasteiger partial charge in [-0.15, -0.1) is 0 Å². The first-order valence-corrected chi connectivity index (χ1v) is 6.90. The van der Waals surface area contributed by atoms with E-state index in [0.29, 0.717) is 12.0 Å². The number of aryl methyl sites for hydroxylation is 1. The van der Waals surface area contributed by atoms with Crippen molar-refractivity contribution in [1.82, 2.24) is 0 Å². The second-order valence-electron chi connectivity index (χ2n) is 5.10. The number of nitrogens with two attached hydrogens (primary N) is 1.